The van der Waals surface area contributed by atoms with Crippen molar-refractivity contribution in [3.05, 3.63) is 51.5 Å². The lowest BCUT2D eigenvalue weighted by Gasteiger charge is -2.33. The van der Waals surface area contributed by atoms with Crippen molar-refractivity contribution in [3.8, 4) is 0 Å². The lowest BCUT2D eigenvalue weighted by Crippen LogP contribution is -2.37. The van der Waals surface area contributed by atoms with Gasteiger partial charge in [0, 0.05) is 31.1 Å². The molecule has 2 aromatic rings. The molecule has 1 atom stereocenters. The van der Waals surface area contributed by atoms with Gasteiger partial charge in [0.25, 0.3) is 5.91 Å². The number of benzene rings is 1. The number of nitrogens with one attached hydrogen (secondary N) is 1. The van der Waals surface area contributed by atoms with Crippen LogP contribution in [-0.4, -0.2) is 28.4 Å². The fourth-order valence-electron chi connectivity index (χ4n) is 3.27. The number of hydrogen-bond acceptors (Lipinski definition) is 5. The summed E-state index contributed by atoms with van der Waals surface area (Å²) < 4.78 is 0. The average molecular weight is 359 g/mol. The molecule has 0 bridgehead atoms. The molecular formula is C19H26N4OS. The molecule has 1 unspecified atom stereocenters. The van der Waals surface area contributed by atoms with Gasteiger partial charge in [-0.25, -0.2) is 4.98 Å². The number of nitrogens with two attached hydrogens (primary N) is 1. The molecule has 0 radical (unpaired) electrons. The van der Waals surface area contributed by atoms with Gasteiger partial charge in [-0.15, -0.1) is 11.3 Å². The van der Waals surface area contributed by atoms with Gasteiger partial charge in [0.15, 0.2) is 0 Å². The first-order chi connectivity index (χ1) is 12.2. The van der Waals surface area contributed by atoms with Crippen LogP contribution in [0.4, 0.5) is 0 Å². The Labute approximate surface area is 153 Å². The molecule has 134 valence electrons. The van der Waals surface area contributed by atoms with Gasteiger partial charge >= 0.3 is 0 Å². The van der Waals surface area contributed by atoms with Crippen LogP contribution in [0.3, 0.4) is 0 Å². The fraction of sp³-hybridized carbons (Fsp3) is 0.474. The Hall–Kier alpha value is -1.76. The average Bonchev–Trinajstić information content (AvgIpc) is 3.12. The number of piperidine rings is 1. The Morgan fingerprint density at radius 1 is 1.36 bits per heavy atom. The fourth-order valence-corrected chi connectivity index (χ4v) is 3.93. The van der Waals surface area contributed by atoms with Crippen LogP contribution >= 0.6 is 11.3 Å². The van der Waals surface area contributed by atoms with Crippen LogP contribution in [-0.2, 0) is 19.6 Å². The maximum Gasteiger partial charge on any atom is 0.271 e. The maximum atomic E-state index is 12.3. The molecule has 25 heavy (non-hydrogen) atoms. The van der Waals surface area contributed by atoms with E-state index >= 15 is 0 Å². The lowest BCUT2D eigenvalue weighted by molar-refractivity contribution is 0.0946. The van der Waals surface area contributed by atoms with E-state index in [1.54, 1.807) is 5.38 Å². The van der Waals surface area contributed by atoms with E-state index in [9.17, 15) is 4.79 Å². The molecule has 0 spiro atoms. The van der Waals surface area contributed by atoms with E-state index in [0.717, 1.165) is 18.1 Å². The van der Waals surface area contributed by atoms with Crippen molar-refractivity contribution in [3.63, 3.8) is 0 Å². The summed E-state index contributed by atoms with van der Waals surface area (Å²) in [5, 5.41) is 5.53. The van der Waals surface area contributed by atoms with Crippen molar-refractivity contribution in [2.45, 2.75) is 51.9 Å². The molecule has 2 heterocycles. The second-order valence-electron chi connectivity index (χ2n) is 6.60. The zero-order valence-electron chi connectivity index (χ0n) is 14.7. The third kappa shape index (κ3) is 4.66. The van der Waals surface area contributed by atoms with Gasteiger partial charge in [-0.1, -0.05) is 30.7 Å². The number of aromatic nitrogens is 1. The first-order valence-corrected chi connectivity index (χ1v) is 9.79. The summed E-state index contributed by atoms with van der Waals surface area (Å²) >= 11 is 1.42. The quantitative estimate of drug-likeness (QED) is 0.833. The largest absolute Gasteiger partial charge is 0.347 e. The Morgan fingerprint density at radius 3 is 2.88 bits per heavy atom. The van der Waals surface area contributed by atoms with Crippen molar-refractivity contribution in [2.24, 2.45) is 5.73 Å². The number of thiazole rings is 1. The third-order valence-corrected chi connectivity index (χ3v) is 5.70. The van der Waals surface area contributed by atoms with E-state index in [1.165, 1.54) is 41.7 Å². The zero-order chi connectivity index (χ0) is 17.6. The molecule has 0 saturated carbocycles. The normalized spacial score (nSPS) is 18.2. The molecule has 1 amide bonds. The van der Waals surface area contributed by atoms with Gasteiger partial charge in [0.1, 0.15) is 10.7 Å². The molecule has 1 fully saturated rings. The van der Waals surface area contributed by atoms with Crippen LogP contribution in [0.15, 0.2) is 29.6 Å². The van der Waals surface area contributed by atoms with Gasteiger partial charge in [-0.2, -0.15) is 0 Å². The minimum Gasteiger partial charge on any atom is -0.347 e. The van der Waals surface area contributed by atoms with Crippen LogP contribution in [0, 0.1) is 0 Å². The summed E-state index contributed by atoms with van der Waals surface area (Å²) in [5.41, 5.74) is 8.47. The lowest BCUT2D eigenvalue weighted by atomic mass is 10.0. The van der Waals surface area contributed by atoms with Gasteiger partial charge in [-0.3, -0.25) is 9.69 Å². The molecule has 5 nitrogen and oxygen atoms in total. The molecular weight excluding hydrogens is 332 g/mol. The maximum absolute atomic E-state index is 12.3. The van der Waals surface area contributed by atoms with Gasteiger partial charge < -0.3 is 11.1 Å². The molecule has 3 N–H and O–H groups in total. The monoisotopic (exact) mass is 358 g/mol. The van der Waals surface area contributed by atoms with E-state index in [4.69, 9.17) is 5.73 Å². The molecule has 1 aromatic carbocycles. The van der Waals surface area contributed by atoms with Crippen LogP contribution in [0.25, 0.3) is 0 Å². The van der Waals surface area contributed by atoms with Crippen molar-refractivity contribution >= 4 is 17.2 Å². The number of likely N-dealkylation sites (tertiary alicyclic amines) is 1. The summed E-state index contributed by atoms with van der Waals surface area (Å²) in [6.45, 7) is 5.30. The summed E-state index contributed by atoms with van der Waals surface area (Å²) in [7, 11) is 0. The van der Waals surface area contributed by atoms with E-state index in [-0.39, 0.29) is 5.91 Å². The highest BCUT2D eigenvalue weighted by Crippen LogP contribution is 2.21. The molecule has 6 heteroatoms. The summed E-state index contributed by atoms with van der Waals surface area (Å²) in [6.07, 6.45) is 3.87. The second kappa shape index (κ2) is 8.56. The van der Waals surface area contributed by atoms with Gasteiger partial charge in [-0.05, 0) is 37.4 Å². The van der Waals surface area contributed by atoms with Crippen LogP contribution in [0.1, 0.15) is 52.8 Å². The number of carbonyl (C=O) groups excluding carboxylic acids is 1. The number of rotatable bonds is 6. The highest BCUT2D eigenvalue weighted by atomic mass is 32.1. The topological polar surface area (TPSA) is 71.2 Å². The predicted octanol–water partition coefficient (Wildman–Crippen LogP) is 2.91. The van der Waals surface area contributed by atoms with Crippen molar-refractivity contribution in [2.75, 3.05) is 6.54 Å². The molecule has 1 aliphatic heterocycles. The summed E-state index contributed by atoms with van der Waals surface area (Å²) in [4.78, 5) is 19.1. The van der Waals surface area contributed by atoms with Crippen LogP contribution in [0.5, 0.6) is 0 Å². The van der Waals surface area contributed by atoms with Crippen LogP contribution < -0.4 is 11.1 Å². The van der Waals surface area contributed by atoms with E-state index in [0.29, 0.717) is 24.8 Å². The number of carbonyl (C=O) groups is 1. The highest BCUT2D eigenvalue weighted by molar-refractivity contribution is 7.09. The first-order valence-electron chi connectivity index (χ1n) is 8.91. The third-order valence-electron chi connectivity index (χ3n) is 4.83. The highest BCUT2D eigenvalue weighted by Gasteiger charge is 2.19. The number of nitrogens with zero attached hydrogens (tertiary/aromatic N) is 2. The zero-order valence-corrected chi connectivity index (χ0v) is 15.5. The Morgan fingerprint density at radius 2 is 2.16 bits per heavy atom. The SMILES string of the molecule is CC1CCCCN1Cc1ccccc1CNC(=O)c1csc(CN)n1. The Bertz CT molecular complexity index is 715. The smallest absolute Gasteiger partial charge is 0.271 e. The van der Waals surface area contributed by atoms with Crippen LogP contribution in [0.2, 0.25) is 0 Å². The molecule has 1 aromatic heterocycles. The Balaban J connectivity index is 1.63. The minimum atomic E-state index is -0.142. The molecule has 3 rings (SSSR count). The standard InChI is InChI=1S/C19H26N4OS/c1-14-6-4-5-9-23(14)12-16-8-3-2-7-15(16)11-21-19(24)17-13-25-18(10-20)22-17/h2-3,7-8,13-14H,4-6,9-12,20H2,1H3,(H,21,24). The molecule has 1 saturated heterocycles. The van der Waals surface area contributed by atoms with Crippen molar-refractivity contribution in [1.82, 2.24) is 15.2 Å². The molecule has 1 aliphatic rings. The van der Waals surface area contributed by atoms with E-state index in [1.807, 2.05) is 6.07 Å². The predicted molar refractivity (Wildman–Crippen MR) is 101 cm³/mol. The summed E-state index contributed by atoms with van der Waals surface area (Å²) in [5.74, 6) is -0.142. The molecule has 0 aliphatic carbocycles. The Kier molecular flexibility index (Phi) is 6.18. The number of amides is 1. The second-order valence-corrected chi connectivity index (χ2v) is 7.54. The van der Waals surface area contributed by atoms with Crippen molar-refractivity contribution < 1.29 is 4.79 Å². The van der Waals surface area contributed by atoms with Crippen molar-refractivity contribution in [1.29, 1.82) is 0 Å². The number of hydrogen-bond donors (Lipinski definition) is 2. The van der Waals surface area contributed by atoms with Gasteiger partial charge in [0.2, 0.25) is 0 Å². The van der Waals surface area contributed by atoms with Gasteiger partial charge in [0.05, 0.1) is 0 Å². The summed E-state index contributed by atoms with van der Waals surface area (Å²) in [6, 6.07) is 8.99. The first kappa shape index (κ1) is 18.0. The van der Waals surface area contributed by atoms with E-state index in [2.05, 4.69) is 40.3 Å². The minimum absolute atomic E-state index is 0.142. The van der Waals surface area contributed by atoms with E-state index < -0.39 is 0 Å².